The third-order valence-corrected chi connectivity index (χ3v) is 5.75. The van der Waals surface area contributed by atoms with Gasteiger partial charge < -0.3 is 14.7 Å². The lowest BCUT2D eigenvalue weighted by Crippen LogP contribution is -2.48. The minimum atomic E-state index is -0.0172. The fourth-order valence-corrected chi connectivity index (χ4v) is 4.23. The number of amides is 1. The fraction of sp³-hybridized carbons (Fsp3) is 0.450. The minimum absolute atomic E-state index is 0.0172. The van der Waals surface area contributed by atoms with Crippen molar-refractivity contribution in [3.63, 3.8) is 0 Å². The highest BCUT2D eigenvalue weighted by Crippen LogP contribution is 2.35. The van der Waals surface area contributed by atoms with Crippen LogP contribution in [-0.4, -0.2) is 60.0 Å². The summed E-state index contributed by atoms with van der Waals surface area (Å²) < 4.78 is 0. The van der Waals surface area contributed by atoms with E-state index in [0.717, 1.165) is 53.6 Å². The van der Waals surface area contributed by atoms with Gasteiger partial charge in [0.1, 0.15) is 12.1 Å². The maximum atomic E-state index is 11.8. The Hall–Kier alpha value is -2.34. The van der Waals surface area contributed by atoms with Crippen LogP contribution in [0.5, 0.6) is 0 Å². The van der Waals surface area contributed by atoms with E-state index in [-0.39, 0.29) is 5.91 Å². The Morgan fingerprint density at radius 1 is 1.00 bits per heavy atom. The number of nitrogens with zero attached hydrogens (tertiary/aromatic N) is 5. The monoisotopic (exact) mass is 385 g/mol. The number of halogens is 1. The molecule has 0 atom stereocenters. The number of piperazine rings is 1. The van der Waals surface area contributed by atoms with Crippen LogP contribution in [-0.2, 0) is 4.79 Å². The number of benzene rings is 1. The first-order valence-electron chi connectivity index (χ1n) is 9.53. The Kier molecular flexibility index (Phi) is 5.16. The van der Waals surface area contributed by atoms with Gasteiger partial charge in [0.05, 0.1) is 16.2 Å². The van der Waals surface area contributed by atoms with Crippen LogP contribution in [0.4, 0.5) is 11.5 Å². The van der Waals surface area contributed by atoms with E-state index in [1.54, 1.807) is 6.33 Å². The quantitative estimate of drug-likeness (QED) is 0.760. The van der Waals surface area contributed by atoms with Gasteiger partial charge in [-0.15, -0.1) is 0 Å². The summed E-state index contributed by atoms with van der Waals surface area (Å²) in [7, 11) is 0. The third kappa shape index (κ3) is 3.58. The lowest BCUT2D eigenvalue weighted by molar-refractivity contribution is -0.126. The van der Waals surface area contributed by atoms with E-state index in [2.05, 4.69) is 32.4 Å². The Bertz CT molecular complexity index is 857. The fourth-order valence-electron chi connectivity index (χ4n) is 3.95. The maximum absolute atomic E-state index is 11.8. The Morgan fingerprint density at radius 3 is 2.44 bits per heavy atom. The average molecular weight is 386 g/mol. The van der Waals surface area contributed by atoms with Gasteiger partial charge >= 0.3 is 0 Å². The second-order valence-electron chi connectivity index (χ2n) is 7.08. The van der Waals surface area contributed by atoms with E-state index in [9.17, 15) is 4.79 Å². The van der Waals surface area contributed by atoms with Gasteiger partial charge in [-0.25, -0.2) is 9.97 Å². The van der Waals surface area contributed by atoms with Crippen LogP contribution in [0.15, 0.2) is 31.1 Å². The van der Waals surface area contributed by atoms with Crippen LogP contribution in [0.1, 0.15) is 19.3 Å². The molecule has 6 nitrogen and oxygen atoms in total. The number of aromatic nitrogens is 2. The van der Waals surface area contributed by atoms with E-state index in [0.29, 0.717) is 13.1 Å². The van der Waals surface area contributed by atoms with Gasteiger partial charge in [0, 0.05) is 44.7 Å². The van der Waals surface area contributed by atoms with E-state index < -0.39 is 0 Å². The molecule has 1 aromatic heterocycles. The van der Waals surface area contributed by atoms with Gasteiger partial charge in [0.25, 0.3) is 0 Å². The van der Waals surface area contributed by atoms with Crippen molar-refractivity contribution in [1.29, 1.82) is 0 Å². The van der Waals surface area contributed by atoms with Crippen molar-refractivity contribution in [2.24, 2.45) is 0 Å². The molecule has 0 saturated carbocycles. The molecule has 0 spiro atoms. The van der Waals surface area contributed by atoms with Gasteiger partial charge in [-0.1, -0.05) is 18.2 Å². The molecule has 2 aliphatic heterocycles. The number of hydrogen-bond donors (Lipinski definition) is 0. The molecule has 0 aliphatic carbocycles. The first kappa shape index (κ1) is 18.0. The molecule has 0 N–H and O–H groups in total. The lowest BCUT2D eigenvalue weighted by atomic mass is 10.1. The van der Waals surface area contributed by atoms with E-state index >= 15 is 0 Å². The number of rotatable bonds is 3. The summed E-state index contributed by atoms with van der Waals surface area (Å²) in [5, 5.41) is 1.72. The third-order valence-electron chi connectivity index (χ3n) is 5.45. The van der Waals surface area contributed by atoms with Gasteiger partial charge in [0.2, 0.25) is 5.91 Å². The highest BCUT2D eigenvalue weighted by molar-refractivity contribution is 6.34. The van der Waals surface area contributed by atoms with Gasteiger partial charge in [-0.05, 0) is 37.5 Å². The molecule has 1 aromatic carbocycles. The molecule has 2 saturated heterocycles. The van der Waals surface area contributed by atoms with Crippen molar-refractivity contribution in [1.82, 2.24) is 14.9 Å². The number of fused-ring (bicyclic) bond motifs is 1. The highest BCUT2D eigenvalue weighted by atomic mass is 35.5. The molecule has 3 heterocycles. The van der Waals surface area contributed by atoms with E-state index in [1.807, 2.05) is 11.0 Å². The summed E-state index contributed by atoms with van der Waals surface area (Å²) in [6.45, 7) is 8.45. The standard InChI is InChI=1S/C20H24ClN5O/c1-2-19(27)25-8-10-26(11-9-25)20-15-12-16(21)18(13-17(15)22-14-23-20)24-6-4-3-5-7-24/h2,12-14H,1,3-11H2. The summed E-state index contributed by atoms with van der Waals surface area (Å²) >= 11 is 6.65. The van der Waals surface area contributed by atoms with Crippen molar-refractivity contribution in [3.8, 4) is 0 Å². The summed E-state index contributed by atoms with van der Waals surface area (Å²) in [6.07, 6.45) is 6.69. The molecule has 4 rings (SSSR count). The zero-order valence-corrected chi connectivity index (χ0v) is 16.2. The zero-order valence-electron chi connectivity index (χ0n) is 15.4. The molecule has 0 bridgehead atoms. The molecule has 0 radical (unpaired) electrons. The van der Waals surface area contributed by atoms with Crippen LogP contribution < -0.4 is 9.80 Å². The largest absolute Gasteiger partial charge is 0.370 e. The maximum Gasteiger partial charge on any atom is 0.246 e. The topological polar surface area (TPSA) is 52.6 Å². The van der Waals surface area contributed by atoms with Crippen molar-refractivity contribution in [2.75, 3.05) is 49.1 Å². The Morgan fingerprint density at radius 2 is 1.74 bits per heavy atom. The van der Waals surface area contributed by atoms with Crippen LogP contribution in [0.25, 0.3) is 10.9 Å². The van der Waals surface area contributed by atoms with Crippen LogP contribution in [0, 0.1) is 0 Å². The molecule has 0 unspecified atom stereocenters. The molecule has 2 fully saturated rings. The van der Waals surface area contributed by atoms with Gasteiger partial charge in [0.15, 0.2) is 0 Å². The van der Waals surface area contributed by atoms with Gasteiger partial charge in [-0.2, -0.15) is 0 Å². The molecular formula is C20H24ClN5O. The molecule has 2 aliphatic rings. The Balaban J connectivity index is 1.62. The van der Waals surface area contributed by atoms with Crippen LogP contribution in [0.2, 0.25) is 5.02 Å². The SMILES string of the molecule is C=CC(=O)N1CCN(c2ncnc3cc(N4CCCCC4)c(Cl)cc23)CC1. The molecule has 27 heavy (non-hydrogen) atoms. The number of carbonyl (C=O) groups excluding carboxylic acids is 1. The second kappa shape index (κ2) is 7.72. The lowest BCUT2D eigenvalue weighted by Gasteiger charge is -2.35. The first-order valence-corrected chi connectivity index (χ1v) is 9.90. The normalized spacial score (nSPS) is 18.0. The number of hydrogen-bond acceptors (Lipinski definition) is 5. The summed E-state index contributed by atoms with van der Waals surface area (Å²) in [5.41, 5.74) is 1.98. The molecule has 1 amide bonds. The van der Waals surface area contributed by atoms with Crippen molar-refractivity contribution in [2.45, 2.75) is 19.3 Å². The van der Waals surface area contributed by atoms with E-state index in [4.69, 9.17) is 11.6 Å². The minimum Gasteiger partial charge on any atom is -0.370 e. The van der Waals surface area contributed by atoms with Crippen molar-refractivity contribution < 1.29 is 4.79 Å². The molecule has 142 valence electrons. The van der Waals surface area contributed by atoms with Crippen LogP contribution in [0.3, 0.4) is 0 Å². The summed E-state index contributed by atoms with van der Waals surface area (Å²) in [6, 6.07) is 4.09. The summed E-state index contributed by atoms with van der Waals surface area (Å²) in [4.78, 5) is 27.2. The predicted octanol–water partition coefficient (Wildman–Crippen LogP) is 3.11. The molecule has 2 aromatic rings. The van der Waals surface area contributed by atoms with E-state index in [1.165, 1.54) is 25.3 Å². The summed E-state index contributed by atoms with van der Waals surface area (Å²) in [5.74, 6) is 0.870. The molecular weight excluding hydrogens is 362 g/mol. The second-order valence-corrected chi connectivity index (χ2v) is 7.49. The smallest absolute Gasteiger partial charge is 0.246 e. The van der Waals surface area contributed by atoms with Crippen molar-refractivity contribution in [3.05, 3.63) is 36.1 Å². The highest BCUT2D eigenvalue weighted by Gasteiger charge is 2.23. The predicted molar refractivity (Wildman–Crippen MR) is 110 cm³/mol. The Labute approximate surface area is 164 Å². The number of carbonyl (C=O) groups is 1. The van der Waals surface area contributed by atoms with Gasteiger partial charge in [-0.3, -0.25) is 4.79 Å². The van der Waals surface area contributed by atoms with Crippen LogP contribution >= 0.6 is 11.6 Å². The first-order chi connectivity index (χ1) is 13.2. The number of piperidine rings is 1. The molecule has 7 heteroatoms. The number of anilines is 2. The van der Waals surface area contributed by atoms with Crippen molar-refractivity contribution >= 4 is 39.9 Å². The zero-order chi connectivity index (χ0) is 18.8. The average Bonchev–Trinajstić information content (AvgIpc) is 2.73.